The van der Waals surface area contributed by atoms with E-state index in [2.05, 4.69) is 16.3 Å². The summed E-state index contributed by atoms with van der Waals surface area (Å²) in [6.45, 7) is 0.583. The quantitative estimate of drug-likeness (QED) is 0.400. The average molecular weight is 70.1 g/mol. The van der Waals surface area contributed by atoms with Crippen LogP contribution in [0.15, 0.2) is 6.20 Å². The molecule has 0 atom stereocenters. The van der Waals surface area contributed by atoms with Gasteiger partial charge in [-0.1, -0.05) is 0 Å². The van der Waals surface area contributed by atoms with Gasteiger partial charge in [-0.3, -0.25) is 0 Å². The summed E-state index contributed by atoms with van der Waals surface area (Å²) in [5, 5.41) is 2.76. The molecule has 0 bridgehead atoms. The molecule has 0 saturated carbocycles. The summed E-state index contributed by atoms with van der Waals surface area (Å²) in [4.78, 5) is 0. The van der Waals surface area contributed by atoms with Crippen molar-refractivity contribution in [2.45, 2.75) is 0 Å². The lowest BCUT2D eigenvalue weighted by Crippen LogP contribution is -1.98. The van der Waals surface area contributed by atoms with Crippen molar-refractivity contribution in [3.63, 3.8) is 0 Å². The van der Waals surface area contributed by atoms with Crippen LogP contribution in [0, 0.1) is 6.26 Å². The van der Waals surface area contributed by atoms with Crippen molar-refractivity contribution in [2.75, 3.05) is 6.73 Å². The highest BCUT2D eigenvalue weighted by molar-refractivity contribution is 4.65. The molecule has 0 amide bonds. The summed E-state index contributed by atoms with van der Waals surface area (Å²) in [7, 11) is 0. The zero-order valence-electron chi connectivity index (χ0n) is 2.69. The molecule has 0 radical (unpaired) electrons. The second-order valence-electron chi connectivity index (χ2n) is 0.755. The summed E-state index contributed by atoms with van der Waals surface area (Å²) >= 11 is 0. The molecule has 0 fully saturated rings. The van der Waals surface area contributed by atoms with Gasteiger partial charge in [0.1, 0.15) is 0 Å². The van der Waals surface area contributed by atoms with Crippen LogP contribution in [-0.2, 0) is 4.74 Å². The molecule has 1 N–H and O–H groups in total. The third kappa shape index (κ3) is 0.281. The van der Waals surface area contributed by atoms with Gasteiger partial charge in [-0.15, -0.1) is 0 Å². The van der Waals surface area contributed by atoms with Crippen LogP contribution in [-0.4, -0.2) is 6.73 Å². The van der Waals surface area contributed by atoms with Crippen molar-refractivity contribution < 1.29 is 4.74 Å². The van der Waals surface area contributed by atoms with Gasteiger partial charge in [-0.05, 0) is 0 Å². The molecule has 0 saturated heterocycles. The topological polar surface area (TPSA) is 21.3 Å². The number of ether oxygens (including phenoxy) is 1. The molecule has 0 aromatic rings. The van der Waals surface area contributed by atoms with E-state index in [0.29, 0.717) is 6.73 Å². The highest BCUT2D eigenvalue weighted by Gasteiger charge is 2.00. The lowest BCUT2D eigenvalue weighted by atomic mass is 11.0. The fraction of sp³-hybridized carbons (Fsp3) is 0.333. The van der Waals surface area contributed by atoms with Gasteiger partial charge in [0.15, 0.2) is 0 Å². The van der Waals surface area contributed by atoms with Crippen LogP contribution in [0.3, 0.4) is 0 Å². The van der Waals surface area contributed by atoms with Crippen LogP contribution in [0.5, 0.6) is 0 Å². The summed E-state index contributed by atoms with van der Waals surface area (Å²) in [5.74, 6) is 0. The second-order valence-corrected chi connectivity index (χ2v) is 0.755. The molecule has 0 spiro atoms. The average Bonchev–Trinajstić information content (AvgIpc) is 1.76. The first-order chi connectivity index (χ1) is 2.50. The smallest absolute Gasteiger partial charge is 0.307 e. The summed E-state index contributed by atoms with van der Waals surface area (Å²) in [6, 6.07) is 0. The Labute approximate surface area is 30.4 Å². The third-order valence-corrected chi connectivity index (χ3v) is 0.400. The number of nitrogens with one attached hydrogen (secondary N) is 1. The molecule has 5 heavy (non-hydrogen) atoms. The summed E-state index contributed by atoms with van der Waals surface area (Å²) in [6.07, 6.45) is 4.12. The van der Waals surface area contributed by atoms with E-state index < -0.39 is 0 Å². The number of hydrogen-bond acceptors (Lipinski definition) is 2. The van der Waals surface area contributed by atoms with E-state index in [1.165, 1.54) is 0 Å². The maximum absolute atomic E-state index is 4.53. The summed E-state index contributed by atoms with van der Waals surface area (Å²) in [5.41, 5.74) is 0. The Balaban J connectivity index is 2.32. The minimum absolute atomic E-state index is 0.583. The first-order valence-corrected chi connectivity index (χ1v) is 1.42. The first kappa shape index (κ1) is 2.49. The molecule has 0 aromatic carbocycles. The van der Waals surface area contributed by atoms with Crippen LogP contribution >= 0.6 is 0 Å². The lowest BCUT2D eigenvalue weighted by Gasteiger charge is -1.69. The molecule has 2 nitrogen and oxygen atoms in total. The predicted molar refractivity (Wildman–Crippen MR) is 16.9 cm³/mol. The van der Waals surface area contributed by atoms with Crippen LogP contribution in [0.1, 0.15) is 0 Å². The van der Waals surface area contributed by atoms with Crippen molar-refractivity contribution in [1.82, 2.24) is 5.32 Å². The summed E-state index contributed by atoms with van der Waals surface area (Å²) < 4.78 is 4.53. The molecule has 26 valence electrons. The minimum atomic E-state index is 0.583. The predicted octanol–water partition coefficient (Wildman–Crippen LogP) is -0.162. The van der Waals surface area contributed by atoms with Crippen molar-refractivity contribution in [3.8, 4) is 0 Å². The van der Waals surface area contributed by atoms with Crippen LogP contribution < -0.4 is 5.32 Å². The normalized spacial score (nSPS) is 16.0. The van der Waals surface area contributed by atoms with E-state index in [1.807, 2.05) is 0 Å². The van der Waals surface area contributed by atoms with E-state index in [4.69, 9.17) is 0 Å². The lowest BCUT2D eigenvalue weighted by molar-refractivity contribution is 0.248. The van der Waals surface area contributed by atoms with Crippen molar-refractivity contribution in [3.05, 3.63) is 12.5 Å². The van der Waals surface area contributed by atoms with Crippen molar-refractivity contribution >= 4 is 0 Å². The molecular weight excluding hydrogens is 66.0 g/mol. The number of rotatable bonds is 0. The van der Waals surface area contributed by atoms with Crippen LogP contribution in [0.4, 0.5) is 0 Å². The van der Waals surface area contributed by atoms with Gasteiger partial charge in [0, 0.05) is 0 Å². The maximum atomic E-state index is 4.53. The molecule has 1 heterocycles. The Morgan fingerprint density at radius 1 is 2.00 bits per heavy atom. The highest BCUT2D eigenvalue weighted by Crippen LogP contribution is 1.76. The van der Waals surface area contributed by atoms with Gasteiger partial charge in [-0.25, -0.2) is 4.74 Å². The fourth-order valence-electron chi connectivity index (χ4n) is 0.208. The molecule has 0 aromatic heterocycles. The Kier molecular flexibility index (Phi) is 0.453. The fourth-order valence-corrected chi connectivity index (χ4v) is 0.208. The van der Waals surface area contributed by atoms with Gasteiger partial charge < -0.3 is 5.32 Å². The van der Waals surface area contributed by atoms with Crippen LogP contribution in [0.2, 0.25) is 0 Å². The first-order valence-electron chi connectivity index (χ1n) is 1.42. The monoisotopic (exact) mass is 70.0 g/mol. The van der Waals surface area contributed by atoms with E-state index in [9.17, 15) is 0 Å². The standard InChI is InChI=1S/C3H4NO/c1-2-5-3-4-1/h1,4H,3H2/q+1. The SMILES string of the molecule is [C+]1=CNCO1. The molecule has 1 aliphatic heterocycles. The van der Waals surface area contributed by atoms with Crippen molar-refractivity contribution in [1.29, 1.82) is 0 Å². The van der Waals surface area contributed by atoms with Crippen LogP contribution in [0.25, 0.3) is 0 Å². The van der Waals surface area contributed by atoms with Gasteiger partial charge in [0.2, 0.25) is 6.73 Å². The Morgan fingerprint density at radius 2 is 3.00 bits per heavy atom. The van der Waals surface area contributed by atoms with E-state index in [1.54, 1.807) is 6.20 Å². The number of hydrogen-bond donors (Lipinski definition) is 1. The van der Waals surface area contributed by atoms with E-state index >= 15 is 0 Å². The van der Waals surface area contributed by atoms with Gasteiger partial charge in [-0.2, -0.15) is 0 Å². The van der Waals surface area contributed by atoms with E-state index in [-0.39, 0.29) is 0 Å². The molecule has 0 unspecified atom stereocenters. The zero-order chi connectivity index (χ0) is 3.54. The molecule has 1 rings (SSSR count). The molecule has 1 aliphatic rings. The van der Waals surface area contributed by atoms with Gasteiger partial charge in [0.05, 0.1) is 0 Å². The van der Waals surface area contributed by atoms with Gasteiger partial charge in [0.25, 0.3) is 6.20 Å². The Morgan fingerprint density at radius 3 is 3.20 bits per heavy atom. The molecule has 0 aliphatic carbocycles. The van der Waals surface area contributed by atoms with Gasteiger partial charge >= 0.3 is 6.26 Å². The third-order valence-electron chi connectivity index (χ3n) is 0.400. The maximum Gasteiger partial charge on any atom is 0.506 e. The highest BCUT2D eigenvalue weighted by atomic mass is 16.5. The molecular formula is C3H4NO+. The Hall–Kier alpha value is -0.750. The van der Waals surface area contributed by atoms with Crippen molar-refractivity contribution in [2.24, 2.45) is 0 Å². The zero-order valence-corrected chi connectivity index (χ0v) is 2.69. The molecule has 2 heteroatoms. The largest absolute Gasteiger partial charge is 0.506 e. The second kappa shape index (κ2) is 0.911. The minimum Gasteiger partial charge on any atom is -0.307 e. The Bertz CT molecular complexity index is 44.9. The van der Waals surface area contributed by atoms with E-state index in [0.717, 1.165) is 0 Å².